The molecule has 0 radical (unpaired) electrons. The van der Waals surface area contributed by atoms with E-state index in [-0.39, 0.29) is 22.9 Å². The van der Waals surface area contributed by atoms with E-state index in [2.05, 4.69) is 15.0 Å². The second kappa shape index (κ2) is 8.79. The Kier molecular flexibility index (Phi) is 5.95. The van der Waals surface area contributed by atoms with Crippen molar-refractivity contribution < 1.29 is 13.2 Å². The third-order valence-electron chi connectivity index (χ3n) is 6.57. The molecule has 2 aliphatic carbocycles. The largest absolute Gasteiger partial charge is 0.495 e. The molecular formula is C25H31N5O3S. The third-order valence-corrected chi connectivity index (χ3v) is 8.04. The molecule has 1 fully saturated rings. The van der Waals surface area contributed by atoms with Gasteiger partial charge in [-0.2, -0.15) is 0 Å². The zero-order chi connectivity index (χ0) is 24.0. The van der Waals surface area contributed by atoms with E-state index in [9.17, 15) is 8.42 Å². The first-order valence-electron chi connectivity index (χ1n) is 11.7. The van der Waals surface area contributed by atoms with Gasteiger partial charge >= 0.3 is 0 Å². The Morgan fingerprint density at radius 1 is 1.15 bits per heavy atom. The molecule has 34 heavy (non-hydrogen) atoms. The summed E-state index contributed by atoms with van der Waals surface area (Å²) in [5, 5.41) is 5.06. The van der Waals surface area contributed by atoms with Crippen molar-refractivity contribution in [2.45, 2.75) is 56.0 Å². The summed E-state index contributed by atoms with van der Waals surface area (Å²) in [5.74, 6) is 1.27. The van der Waals surface area contributed by atoms with E-state index in [1.807, 2.05) is 32.2 Å². The lowest BCUT2D eigenvalue weighted by molar-refractivity contribution is 0.413. The van der Waals surface area contributed by atoms with Crippen LogP contribution in [0.5, 0.6) is 5.75 Å². The van der Waals surface area contributed by atoms with Gasteiger partial charge in [0.25, 0.3) is 0 Å². The summed E-state index contributed by atoms with van der Waals surface area (Å²) in [5.41, 5.74) is 10.2. The number of methoxy groups -OCH3 is 1. The number of pyridine rings is 2. The van der Waals surface area contributed by atoms with Crippen LogP contribution in [0.2, 0.25) is 0 Å². The standard InChI is InChI=1S/C25H31N5O3S/c1-14(2)10-29-34(31,32)24-8-19-21(26)9-23(30-16-6-17(33-3)12-27-11-16)25(19)20-13-28-22(7-18(20)24)15-4-5-15/h6-8,11-15,21,23,29-30H,4-5,9-10,26H2,1-3H3/t21-,23-/m0/s1. The summed E-state index contributed by atoms with van der Waals surface area (Å²) in [7, 11) is -2.11. The van der Waals surface area contributed by atoms with Crippen LogP contribution in [-0.4, -0.2) is 32.0 Å². The van der Waals surface area contributed by atoms with E-state index in [1.165, 1.54) is 0 Å². The average Bonchev–Trinajstić information content (AvgIpc) is 3.62. The Balaban J connectivity index is 1.64. The molecule has 3 aromatic rings. The van der Waals surface area contributed by atoms with Crippen LogP contribution in [0.1, 0.15) is 67.9 Å². The summed E-state index contributed by atoms with van der Waals surface area (Å²) >= 11 is 0. The lowest BCUT2D eigenvalue weighted by atomic mass is 9.98. The lowest BCUT2D eigenvalue weighted by Gasteiger charge is -2.19. The molecule has 1 aromatic carbocycles. The van der Waals surface area contributed by atoms with Crippen LogP contribution in [0.15, 0.2) is 41.7 Å². The molecule has 2 heterocycles. The summed E-state index contributed by atoms with van der Waals surface area (Å²) in [6, 6.07) is 5.22. The predicted octanol–water partition coefficient (Wildman–Crippen LogP) is 4.01. The first kappa shape index (κ1) is 23.0. The van der Waals surface area contributed by atoms with Crippen LogP contribution in [0.3, 0.4) is 0 Å². The van der Waals surface area contributed by atoms with Gasteiger partial charge in [0.05, 0.1) is 36.1 Å². The summed E-state index contributed by atoms with van der Waals surface area (Å²) in [6.07, 6.45) is 8.05. The Labute approximate surface area is 200 Å². The van der Waals surface area contributed by atoms with Gasteiger partial charge in [-0.3, -0.25) is 9.97 Å². The van der Waals surface area contributed by atoms with Gasteiger partial charge in [-0.25, -0.2) is 13.1 Å². The molecule has 2 aromatic heterocycles. The lowest BCUT2D eigenvalue weighted by Crippen LogP contribution is -2.28. The molecule has 0 amide bonds. The molecule has 9 heteroatoms. The zero-order valence-corrected chi connectivity index (χ0v) is 20.5. The Hall–Kier alpha value is -2.75. The minimum absolute atomic E-state index is 0.102. The highest BCUT2D eigenvalue weighted by Crippen LogP contribution is 2.47. The Morgan fingerprint density at radius 2 is 1.94 bits per heavy atom. The minimum atomic E-state index is -3.71. The number of hydrogen-bond acceptors (Lipinski definition) is 7. The van der Waals surface area contributed by atoms with Crippen LogP contribution in [0.25, 0.3) is 10.8 Å². The van der Waals surface area contributed by atoms with E-state index >= 15 is 0 Å². The Bertz CT molecular complexity index is 1340. The molecule has 5 rings (SSSR count). The minimum Gasteiger partial charge on any atom is -0.495 e. The van der Waals surface area contributed by atoms with Gasteiger partial charge in [0, 0.05) is 47.2 Å². The van der Waals surface area contributed by atoms with E-state index < -0.39 is 10.0 Å². The molecular weight excluding hydrogens is 450 g/mol. The molecule has 0 unspecified atom stereocenters. The van der Waals surface area contributed by atoms with E-state index in [1.54, 1.807) is 25.6 Å². The molecule has 0 aliphatic heterocycles. The smallest absolute Gasteiger partial charge is 0.241 e. The highest BCUT2D eigenvalue weighted by molar-refractivity contribution is 7.89. The quantitative estimate of drug-likeness (QED) is 0.445. The van der Waals surface area contributed by atoms with Gasteiger partial charge in [-0.1, -0.05) is 13.8 Å². The van der Waals surface area contributed by atoms with Crippen LogP contribution in [0, 0.1) is 5.92 Å². The van der Waals surface area contributed by atoms with Crippen molar-refractivity contribution in [2.24, 2.45) is 11.7 Å². The topological polar surface area (TPSA) is 119 Å². The van der Waals surface area contributed by atoms with Crippen molar-refractivity contribution in [1.82, 2.24) is 14.7 Å². The molecule has 8 nitrogen and oxygen atoms in total. The molecule has 0 spiro atoms. The van der Waals surface area contributed by atoms with E-state index in [4.69, 9.17) is 15.5 Å². The van der Waals surface area contributed by atoms with Crippen molar-refractivity contribution in [1.29, 1.82) is 0 Å². The highest BCUT2D eigenvalue weighted by Gasteiger charge is 2.35. The fraction of sp³-hybridized carbons (Fsp3) is 0.440. The number of ether oxygens (including phenoxy) is 1. The maximum atomic E-state index is 13.4. The number of nitrogens with two attached hydrogens (primary N) is 1. The van der Waals surface area contributed by atoms with E-state index in [0.29, 0.717) is 30.0 Å². The summed E-state index contributed by atoms with van der Waals surface area (Å²) in [4.78, 5) is 9.24. The van der Waals surface area contributed by atoms with Gasteiger partial charge in [0.1, 0.15) is 5.75 Å². The number of rotatable bonds is 8. The number of aromatic nitrogens is 2. The van der Waals surface area contributed by atoms with Gasteiger partial charge in [-0.05, 0) is 48.4 Å². The predicted molar refractivity (Wildman–Crippen MR) is 132 cm³/mol. The van der Waals surface area contributed by atoms with Crippen molar-refractivity contribution in [2.75, 3.05) is 19.0 Å². The van der Waals surface area contributed by atoms with Crippen molar-refractivity contribution in [3.63, 3.8) is 0 Å². The second-order valence-corrected chi connectivity index (χ2v) is 11.4. The number of benzene rings is 1. The van der Waals surface area contributed by atoms with Crippen LogP contribution in [0.4, 0.5) is 5.69 Å². The molecule has 1 saturated carbocycles. The van der Waals surface area contributed by atoms with Crippen molar-refractivity contribution >= 4 is 26.5 Å². The molecule has 2 atom stereocenters. The van der Waals surface area contributed by atoms with Crippen LogP contribution >= 0.6 is 0 Å². The molecule has 180 valence electrons. The summed E-state index contributed by atoms with van der Waals surface area (Å²) in [6.45, 7) is 4.34. The van der Waals surface area contributed by atoms with Crippen molar-refractivity contribution in [3.05, 3.63) is 53.6 Å². The normalized spacial score (nSPS) is 20.0. The SMILES string of the molecule is COc1cncc(N[C@H]2C[C@H](N)c3cc(S(=O)(=O)NCC(C)C)c4cc(C5CC5)ncc4c32)c1. The van der Waals surface area contributed by atoms with Gasteiger partial charge in [-0.15, -0.1) is 0 Å². The zero-order valence-electron chi connectivity index (χ0n) is 19.7. The number of hydrogen-bond donors (Lipinski definition) is 3. The third kappa shape index (κ3) is 4.35. The average molecular weight is 482 g/mol. The molecule has 0 saturated heterocycles. The summed E-state index contributed by atoms with van der Waals surface area (Å²) < 4.78 is 34.9. The molecule has 2 aliphatic rings. The monoisotopic (exact) mass is 481 g/mol. The van der Waals surface area contributed by atoms with Crippen molar-refractivity contribution in [3.8, 4) is 5.75 Å². The number of nitrogens with zero attached hydrogens (tertiary/aromatic N) is 2. The number of nitrogens with one attached hydrogen (secondary N) is 2. The highest BCUT2D eigenvalue weighted by atomic mass is 32.2. The fourth-order valence-electron chi connectivity index (χ4n) is 4.66. The number of anilines is 1. The van der Waals surface area contributed by atoms with E-state index in [0.717, 1.165) is 40.7 Å². The number of fused-ring (bicyclic) bond motifs is 3. The second-order valence-electron chi connectivity index (χ2n) is 9.70. The first-order valence-corrected chi connectivity index (χ1v) is 13.2. The van der Waals surface area contributed by atoms with Crippen LogP contribution < -0.4 is 20.5 Å². The molecule has 0 bridgehead atoms. The van der Waals surface area contributed by atoms with Gasteiger partial charge < -0.3 is 15.8 Å². The van der Waals surface area contributed by atoms with Gasteiger partial charge in [0.2, 0.25) is 10.0 Å². The molecule has 4 N–H and O–H groups in total. The number of sulfonamides is 1. The van der Waals surface area contributed by atoms with Crippen LogP contribution in [-0.2, 0) is 10.0 Å². The first-order chi connectivity index (χ1) is 16.3. The fourth-order valence-corrected chi connectivity index (χ4v) is 6.11. The maximum absolute atomic E-state index is 13.4. The van der Waals surface area contributed by atoms with Gasteiger partial charge in [0.15, 0.2) is 0 Å². The maximum Gasteiger partial charge on any atom is 0.241 e. The Morgan fingerprint density at radius 3 is 2.65 bits per heavy atom.